The molecule has 0 atom stereocenters. The molecule has 3 nitrogen and oxygen atoms in total. The first kappa shape index (κ1) is 8.62. The van der Waals surface area contributed by atoms with Gasteiger partial charge >= 0.3 is 0 Å². The number of nitrogens with one attached hydrogen (secondary N) is 1. The second-order valence-electron chi connectivity index (χ2n) is 1.49. The maximum Gasteiger partial charge on any atom is 0.194 e. The molecule has 0 saturated carbocycles. The Morgan fingerprint density at radius 2 is 2.44 bits per heavy atom. The number of ketones is 1. The standard InChI is InChI=1S/C5H6N2O.Au/c1-4(8)5-6-2-3-7-5;/h2-3H,1H3,(H,6,7);. The minimum absolute atomic E-state index is 0. The van der Waals surface area contributed by atoms with Crippen molar-refractivity contribution in [1.82, 2.24) is 9.97 Å². The van der Waals surface area contributed by atoms with E-state index < -0.39 is 0 Å². The number of imidazole rings is 1. The first-order chi connectivity index (χ1) is 3.80. The van der Waals surface area contributed by atoms with Crippen molar-refractivity contribution in [3.05, 3.63) is 18.2 Å². The molecule has 0 fully saturated rings. The van der Waals surface area contributed by atoms with Crippen LogP contribution in [0.5, 0.6) is 0 Å². The van der Waals surface area contributed by atoms with E-state index in [2.05, 4.69) is 9.97 Å². The summed E-state index contributed by atoms with van der Waals surface area (Å²) in [5.41, 5.74) is 0. The molecule has 4 heteroatoms. The molecule has 0 bridgehead atoms. The molecular weight excluding hydrogens is 301 g/mol. The minimum atomic E-state index is -0.0324. The van der Waals surface area contributed by atoms with Gasteiger partial charge in [0, 0.05) is 41.7 Å². The van der Waals surface area contributed by atoms with Crippen LogP contribution in [0.25, 0.3) is 0 Å². The van der Waals surface area contributed by atoms with Crippen LogP contribution < -0.4 is 0 Å². The number of Topliss-reactive ketones (excluding diaryl/α,β-unsaturated/α-hetero) is 1. The first-order valence-electron chi connectivity index (χ1n) is 2.31. The number of nitrogens with zero attached hydrogens (tertiary/aromatic N) is 1. The topological polar surface area (TPSA) is 45.8 Å². The fraction of sp³-hybridized carbons (Fsp3) is 0.200. The SMILES string of the molecule is CC(=O)c1ncc[nH]1.[Au]. The van der Waals surface area contributed by atoms with Crippen molar-refractivity contribution in [3.8, 4) is 0 Å². The van der Waals surface area contributed by atoms with Gasteiger partial charge < -0.3 is 4.98 Å². The monoisotopic (exact) mass is 307 g/mol. The summed E-state index contributed by atoms with van der Waals surface area (Å²) in [6, 6.07) is 0. The van der Waals surface area contributed by atoms with Gasteiger partial charge in [0.25, 0.3) is 0 Å². The number of aromatic amines is 1. The molecule has 0 spiro atoms. The Hall–Kier alpha value is -0.380. The fourth-order valence-electron chi connectivity index (χ4n) is 0.458. The Bertz CT molecular complexity index is 183. The third kappa shape index (κ3) is 2.13. The van der Waals surface area contributed by atoms with Gasteiger partial charge in [0.1, 0.15) is 0 Å². The molecule has 0 aromatic carbocycles. The molecule has 1 aromatic heterocycles. The molecule has 53 valence electrons. The van der Waals surface area contributed by atoms with Crippen molar-refractivity contribution in [2.75, 3.05) is 0 Å². The quantitative estimate of drug-likeness (QED) is 0.610. The molecule has 0 aliphatic carbocycles. The Balaban J connectivity index is 0.000000640. The Morgan fingerprint density at radius 3 is 2.67 bits per heavy atom. The molecular formula is C5H6AuN2O. The molecule has 0 unspecified atom stereocenters. The molecule has 0 aliphatic heterocycles. The summed E-state index contributed by atoms with van der Waals surface area (Å²) in [6.45, 7) is 1.47. The number of carbonyl (C=O) groups excluding carboxylic acids is 1. The molecule has 1 rings (SSSR count). The van der Waals surface area contributed by atoms with E-state index in [0.29, 0.717) is 5.82 Å². The Morgan fingerprint density at radius 1 is 1.78 bits per heavy atom. The average molecular weight is 307 g/mol. The summed E-state index contributed by atoms with van der Waals surface area (Å²) in [5, 5.41) is 0. The number of hydrogen-bond donors (Lipinski definition) is 1. The van der Waals surface area contributed by atoms with Gasteiger partial charge in [0.15, 0.2) is 11.6 Å². The van der Waals surface area contributed by atoms with E-state index in [1.54, 1.807) is 12.4 Å². The first-order valence-corrected chi connectivity index (χ1v) is 2.31. The molecule has 9 heavy (non-hydrogen) atoms. The number of aromatic nitrogens is 2. The van der Waals surface area contributed by atoms with Crippen LogP contribution in [0.1, 0.15) is 17.5 Å². The van der Waals surface area contributed by atoms with Crippen LogP contribution in [0.2, 0.25) is 0 Å². The van der Waals surface area contributed by atoms with Gasteiger partial charge in [-0.1, -0.05) is 0 Å². The maximum atomic E-state index is 10.4. The third-order valence-corrected chi connectivity index (χ3v) is 0.832. The van der Waals surface area contributed by atoms with Crippen LogP contribution in [-0.2, 0) is 22.4 Å². The second kappa shape index (κ2) is 3.61. The van der Waals surface area contributed by atoms with E-state index in [0.717, 1.165) is 0 Å². The van der Waals surface area contributed by atoms with Crippen LogP contribution in [0.3, 0.4) is 0 Å². The predicted molar refractivity (Wildman–Crippen MR) is 28.6 cm³/mol. The summed E-state index contributed by atoms with van der Waals surface area (Å²) in [7, 11) is 0. The van der Waals surface area contributed by atoms with Crippen LogP contribution in [0, 0.1) is 0 Å². The molecule has 1 heterocycles. The van der Waals surface area contributed by atoms with Gasteiger partial charge in [-0.25, -0.2) is 4.98 Å². The zero-order chi connectivity index (χ0) is 5.98. The summed E-state index contributed by atoms with van der Waals surface area (Å²) in [6.07, 6.45) is 3.17. The zero-order valence-corrected chi connectivity index (χ0v) is 6.98. The molecule has 0 saturated heterocycles. The predicted octanol–water partition coefficient (Wildman–Crippen LogP) is 0.610. The van der Waals surface area contributed by atoms with Crippen molar-refractivity contribution in [1.29, 1.82) is 0 Å². The largest absolute Gasteiger partial charge is 0.342 e. The molecule has 1 radical (unpaired) electrons. The van der Waals surface area contributed by atoms with Crippen LogP contribution >= 0.6 is 0 Å². The Kier molecular flexibility index (Phi) is 3.46. The molecule has 0 aliphatic rings. The van der Waals surface area contributed by atoms with Crippen molar-refractivity contribution in [3.63, 3.8) is 0 Å². The van der Waals surface area contributed by atoms with Gasteiger partial charge in [0.2, 0.25) is 0 Å². The van der Waals surface area contributed by atoms with E-state index in [9.17, 15) is 4.79 Å². The fourth-order valence-corrected chi connectivity index (χ4v) is 0.458. The average Bonchev–Trinajstić information content (AvgIpc) is 2.12. The molecule has 0 amide bonds. The van der Waals surface area contributed by atoms with E-state index in [-0.39, 0.29) is 28.2 Å². The van der Waals surface area contributed by atoms with Gasteiger partial charge in [-0.2, -0.15) is 0 Å². The van der Waals surface area contributed by atoms with E-state index >= 15 is 0 Å². The summed E-state index contributed by atoms with van der Waals surface area (Å²) in [5.74, 6) is 0.389. The number of H-pyrrole nitrogens is 1. The number of rotatable bonds is 1. The van der Waals surface area contributed by atoms with Crippen LogP contribution in [0.15, 0.2) is 12.4 Å². The Labute approximate surface area is 68.4 Å². The molecule has 1 aromatic rings. The van der Waals surface area contributed by atoms with Gasteiger partial charge in [-0.05, 0) is 0 Å². The van der Waals surface area contributed by atoms with Crippen molar-refractivity contribution < 1.29 is 27.2 Å². The molecule has 1 N–H and O–H groups in total. The third-order valence-electron chi connectivity index (χ3n) is 0.832. The summed E-state index contributed by atoms with van der Waals surface area (Å²) >= 11 is 0. The number of hydrogen-bond acceptors (Lipinski definition) is 2. The van der Waals surface area contributed by atoms with Gasteiger partial charge in [-0.15, -0.1) is 0 Å². The maximum absolute atomic E-state index is 10.4. The van der Waals surface area contributed by atoms with E-state index in [1.165, 1.54) is 6.92 Å². The normalized spacial score (nSPS) is 8.11. The van der Waals surface area contributed by atoms with Crippen molar-refractivity contribution in [2.24, 2.45) is 0 Å². The van der Waals surface area contributed by atoms with Gasteiger partial charge in [0.05, 0.1) is 0 Å². The van der Waals surface area contributed by atoms with Crippen molar-refractivity contribution >= 4 is 5.78 Å². The van der Waals surface area contributed by atoms with Crippen molar-refractivity contribution in [2.45, 2.75) is 6.92 Å². The smallest absolute Gasteiger partial charge is 0.194 e. The summed E-state index contributed by atoms with van der Waals surface area (Å²) in [4.78, 5) is 16.8. The van der Waals surface area contributed by atoms with E-state index in [4.69, 9.17) is 0 Å². The minimum Gasteiger partial charge on any atom is -0.342 e. The number of carbonyl (C=O) groups is 1. The van der Waals surface area contributed by atoms with Gasteiger partial charge in [-0.3, -0.25) is 4.79 Å². The zero-order valence-electron chi connectivity index (χ0n) is 4.81. The van der Waals surface area contributed by atoms with Crippen LogP contribution in [-0.4, -0.2) is 15.8 Å². The van der Waals surface area contributed by atoms with Crippen LogP contribution in [0.4, 0.5) is 0 Å². The van der Waals surface area contributed by atoms with E-state index in [1.807, 2.05) is 0 Å². The second-order valence-corrected chi connectivity index (χ2v) is 1.49. The summed E-state index contributed by atoms with van der Waals surface area (Å²) < 4.78 is 0.